The van der Waals surface area contributed by atoms with Crippen LogP contribution < -0.4 is 15.4 Å². The normalized spacial score (nSPS) is 16.1. The molecule has 1 aliphatic rings. The van der Waals surface area contributed by atoms with Crippen molar-refractivity contribution < 1.29 is 8.42 Å². The van der Waals surface area contributed by atoms with Gasteiger partial charge in [-0.1, -0.05) is 36.4 Å². The molecule has 0 aromatic heterocycles. The second kappa shape index (κ2) is 10.1. The third-order valence-corrected chi connectivity index (χ3v) is 5.29. The number of benzene rings is 2. The Balaban J connectivity index is 0.00000280. The summed E-state index contributed by atoms with van der Waals surface area (Å²) in [6.07, 6.45) is 3.43. The fourth-order valence-corrected chi connectivity index (χ4v) is 4.00. The second-order valence-electron chi connectivity index (χ2n) is 6.82. The average Bonchev–Trinajstić information content (AvgIpc) is 3.04. The third kappa shape index (κ3) is 6.37. The zero-order chi connectivity index (χ0) is 19.3. The number of fused-ring (bicyclic) bond motifs is 1. The van der Waals surface area contributed by atoms with Crippen molar-refractivity contribution in [2.45, 2.75) is 25.3 Å². The van der Waals surface area contributed by atoms with Crippen LogP contribution in [0.2, 0.25) is 0 Å². The molecular weight excluding hydrogens is 487 g/mol. The Kier molecular flexibility index (Phi) is 8.11. The van der Waals surface area contributed by atoms with Gasteiger partial charge in [0.2, 0.25) is 10.0 Å². The van der Waals surface area contributed by atoms with Gasteiger partial charge in [0.1, 0.15) is 0 Å². The number of hydrogen-bond acceptors (Lipinski definition) is 3. The summed E-state index contributed by atoms with van der Waals surface area (Å²) in [6.45, 7) is 1.40. The van der Waals surface area contributed by atoms with Crippen molar-refractivity contribution in [2.75, 3.05) is 24.6 Å². The van der Waals surface area contributed by atoms with E-state index in [1.807, 2.05) is 18.2 Å². The predicted octanol–water partition coefficient (Wildman–Crippen LogP) is 3.07. The number of hydrogen-bond donors (Lipinski definition) is 3. The lowest BCUT2D eigenvalue weighted by atomic mass is 10.0. The molecule has 3 N–H and O–H groups in total. The molecule has 0 fully saturated rings. The van der Waals surface area contributed by atoms with Crippen LogP contribution in [0.5, 0.6) is 0 Å². The van der Waals surface area contributed by atoms with E-state index in [1.54, 1.807) is 13.1 Å². The highest BCUT2D eigenvalue weighted by Crippen LogP contribution is 2.32. The van der Waals surface area contributed by atoms with Crippen molar-refractivity contribution in [3.8, 4) is 0 Å². The van der Waals surface area contributed by atoms with E-state index in [-0.39, 0.29) is 24.0 Å². The van der Waals surface area contributed by atoms with Gasteiger partial charge in [-0.25, -0.2) is 8.42 Å². The van der Waals surface area contributed by atoms with Crippen LogP contribution in [0.3, 0.4) is 0 Å². The van der Waals surface area contributed by atoms with Gasteiger partial charge >= 0.3 is 0 Å². The minimum absolute atomic E-state index is 0. The molecule has 1 atom stereocenters. The molecule has 0 saturated carbocycles. The van der Waals surface area contributed by atoms with Gasteiger partial charge in [-0.15, -0.1) is 24.0 Å². The van der Waals surface area contributed by atoms with Crippen LogP contribution in [0.4, 0.5) is 5.69 Å². The smallest absolute Gasteiger partial charge is 0.229 e. The number of anilines is 1. The molecule has 2 aromatic rings. The molecule has 8 heteroatoms. The number of aliphatic imine (C=N–C) groups is 1. The lowest BCUT2D eigenvalue weighted by molar-refractivity contribution is 0.607. The van der Waals surface area contributed by atoms with Gasteiger partial charge in [0, 0.05) is 31.7 Å². The van der Waals surface area contributed by atoms with Gasteiger partial charge in [0.15, 0.2) is 5.96 Å². The molecule has 0 amide bonds. The minimum atomic E-state index is -3.28. The van der Waals surface area contributed by atoms with Gasteiger partial charge in [0.05, 0.1) is 6.26 Å². The summed E-state index contributed by atoms with van der Waals surface area (Å²) in [4.78, 5) is 4.28. The van der Waals surface area contributed by atoms with Crippen LogP contribution in [0.15, 0.2) is 53.5 Å². The summed E-state index contributed by atoms with van der Waals surface area (Å²) in [5, 5.41) is 6.69. The highest BCUT2D eigenvalue weighted by Gasteiger charge is 2.21. The first-order valence-corrected chi connectivity index (χ1v) is 10.9. The highest BCUT2D eigenvalue weighted by atomic mass is 127. The van der Waals surface area contributed by atoms with E-state index in [4.69, 9.17) is 0 Å². The van der Waals surface area contributed by atoms with Gasteiger partial charge in [-0.05, 0) is 41.7 Å². The molecule has 28 heavy (non-hydrogen) atoms. The number of rotatable bonds is 6. The molecule has 0 spiro atoms. The molecule has 2 aromatic carbocycles. The van der Waals surface area contributed by atoms with Gasteiger partial charge in [-0.3, -0.25) is 9.71 Å². The van der Waals surface area contributed by atoms with Crippen LogP contribution in [0, 0.1) is 0 Å². The van der Waals surface area contributed by atoms with Crippen LogP contribution in [0.25, 0.3) is 0 Å². The maximum atomic E-state index is 11.4. The first-order chi connectivity index (χ1) is 12.9. The van der Waals surface area contributed by atoms with Gasteiger partial charge in [0.25, 0.3) is 0 Å². The van der Waals surface area contributed by atoms with Crippen LogP contribution >= 0.6 is 24.0 Å². The average molecular weight is 514 g/mol. The maximum absolute atomic E-state index is 11.4. The number of aryl methyl sites for hydroxylation is 1. The number of guanidine groups is 1. The molecule has 0 aliphatic heterocycles. The Bertz CT molecular complexity index is 931. The number of nitrogens with zero attached hydrogens (tertiary/aromatic N) is 1. The molecule has 0 bridgehead atoms. The Labute approximate surface area is 184 Å². The molecule has 1 aliphatic carbocycles. The summed E-state index contributed by atoms with van der Waals surface area (Å²) in [6, 6.07) is 15.9. The van der Waals surface area contributed by atoms with E-state index < -0.39 is 10.0 Å². The van der Waals surface area contributed by atoms with Crippen molar-refractivity contribution in [1.82, 2.24) is 10.6 Å². The molecule has 0 radical (unpaired) electrons. The molecular formula is C20H27IN4O2S. The zero-order valence-electron chi connectivity index (χ0n) is 16.1. The predicted molar refractivity (Wildman–Crippen MR) is 126 cm³/mol. The summed E-state index contributed by atoms with van der Waals surface area (Å²) in [5.74, 6) is 1.24. The largest absolute Gasteiger partial charge is 0.356 e. The number of sulfonamides is 1. The van der Waals surface area contributed by atoms with E-state index in [2.05, 4.69) is 44.6 Å². The quantitative estimate of drug-likeness (QED) is 0.315. The van der Waals surface area contributed by atoms with E-state index in [0.29, 0.717) is 18.2 Å². The molecule has 1 unspecified atom stereocenters. The van der Waals surface area contributed by atoms with Crippen molar-refractivity contribution >= 4 is 45.6 Å². The molecule has 0 heterocycles. The fraction of sp³-hybridized carbons (Fsp3) is 0.350. The first kappa shape index (κ1) is 22.5. The van der Waals surface area contributed by atoms with Crippen LogP contribution in [0.1, 0.15) is 29.0 Å². The lowest BCUT2D eigenvalue weighted by Gasteiger charge is -2.16. The molecule has 3 rings (SSSR count). The van der Waals surface area contributed by atoms with Crippen LogP contribution in [-0.2, 0) is 23.0 Å². The Morgan fingerprint density at radius 1 is 1.14 bits per heavy atom. The van der Waals surface area contributed by atoms with Crippen LogP contribution in [-0.4, -0.2) is 34.2 Å². The summed E-state index contributed by atoms with van der Waals surface area (Å²) in [5.41, 5.74) is 4.41. The lowest BCUT2D eigenvalue weighted by Crippen LogP contribution is -2.38. The number of halogens is 1. The zero-order valence-corrected chi connectivity index (χ0v) is 19.3. The van der Waals surface area contributed by atoms with Gasteiger partial charge in [-0.2, -0.15) is 0 Å². The SMILES string of the molecule is CN=C(NCc1cccc(NS(C)(=O)=O)c1)NCC1CCc2ccccc21.I. The summed E-state index contributed by atoms with van der Waals surface area (Å²) < 4.78 is 25.2. The number of nitrogens with one attached hydrogen (secondary N) is 3. The van der Waals surface area contributed by atoms with E-state index >= 15 is 0 Å². The molecule has 152 valence electrons. The van der Waals surface area contributed by atoms with Crippen molar-refractivity contribution in [1.29, 1.82) is 0 Å². The van der Waals surface area contributed by atoms with Gasteiger partial charge < -0.3 is 10.6 Å². The van der Waals surface area contributed by atoms with Crippen molar-refractivity contribution in [2.24, 2.45) is 4.99 Å². The third-order valence-electron chi connectivity index (χ3n) is 4.69. The first-order valence-electron chi connectivity index (χ1n) is 9.03. The monoisotopic (exact) mass is 514 g/mol. The van der Waals surface area contributed by atoms with E-state index in [9.17, 15) is 8.42 Å². The minimum Gasteiger partial charge on any atom is -0.356 e. The maximum Gasteiger partial charge on any atom is 0.229 e. The van der Waals surface area contributed by atoms with E-state index in [0.717, 1.165) is 37.2 Å². The van der Waals surface area contributed by atoms with E-state index in [1.165, 1.54) is 11.1 Å². The Morgan fingerprint density at radius 3 is 2.68 bits per heavy atom. The molecule has 6 nitrogen and oxygen atoms in total. The van der Waals surface area contributed by atoms with Crippen molar-refractivity contribution in [3.05, 3.63) is 65.2 Å². The Hall–Kier alpha value is -1.81. The molecule has 0 saturated heterocycles. The summed E-state index contributed by atoms with van der Waals surface area (Å²) >= 11 is 0. The Morgan fingerprint density at radius 2 is 1.93 bits per heavy atom. The summed E-state index contributed by atoms with van der Waals surface area (Å²) in [7, 11) is -1.53. The van der Waals surface area contributed by atoms with Crippen molar-refractivity contribution in [3.63, 3.8) is 0 Å². The topological polar surface area (TPSA) is 82.6 Å². The standard InChI is InChI=1S/C20H26N4O2S.HI/c1-21-20(23-14-17-11-10-16-7-3-4-9-19(16)17)22-13-15-6-5-8-18(12-15)24-27(2,25)26;/h3-9,12,17,24H,10-11,13-14H2,1-2H3,(H2,21,22,23);1H. The second-order valence-corrected chi connectivity index (χ2v) is 8.56. The fourth-order valence-electron chi connectivity index (χ4n) is 3.44. The highest BCUT2D eigenvalue weighted by molar-refractivity contribution is 14.0.